The molecule has 2 N–H and O–H groups in total. The van der Waals surface area contributed by atoms with Crippen molar-refractivity contribution in [3.63, 3.8) is 0 Å². The molecule has 1 aromatic carbocycles. The Morgan fingerprint density at radius 1 is 1.47 bits per heavy atom. The lowest BCUT2D eigenvalue weighted by molar-refractivity contribution is 0.101. The van der Waals surface area contributed by atoms with Gasteiger partial charge < -0.3 is 10.4 Å². The second kappa shape index (κ2) is 5.09. The molecular weight excluding hydrogens is 249 g/mol. The van der Waals surface area contributed by atoms with E-state index in [0.717, 1.165) is 17.8 Å². The van der Waals surface area contributed by atoms with Gasteiger partial charge in [-0.1, -0.05) is 0 Å². The molecule has 0 aliphatic carbocycles. The number of halogens is 1. The first-order valence-electron chi connectivity index (χ1n) is 5.85. The second-order valence-corrected chi connectivity index (χ2v) is 4.10. The van der Waals surface area contributed by atoms with E-state index < -0.39 is 11.7 Å². The van der Waals surface area contributed by atoms with E-state index in [2.05, 4.69) is 10.4 Å². The van der Waals surface area contributed by atoms with Crippen molar-refractivity contribution in [1.82, 2.24) is 9.78 Å². The highest BCUT2D eigenvalue weighted by atomic mass is 19.1. The Kier molecular flexibility index (Phi) is 3.50. The lowest BCUT2D eigenvalue weighted by Gasteiger charge is -2.08. The molecule has 19 heavy (non-hydrogen) atoms. The summed E-state index contributed by atoms with van der Waals surface area (Å²) in [5.74, 6) is -1.16. The maximum Gasteiger partial charge on any atom is 0.274 e. The standard InChI is InChI=1S/C13H14FN3O2/c1-3-17-11(6-8(2)16-17)13(19)15-10-7-9(14)4-5-12(10)18/h4-7,18H,3H2,1-2H3,(H,15,19). The van der Waals surface area contributed by atoms with Gasteiger partial charge in [0.2, 0.25) is 0 Å². The molecule has 100 valence electrons. The zero-order chi connectivity index (χ0) is 14.0. The normalized spacial score (nSPS) is 10.5. The number of carbonyl (C=O) groups is 1. The third-order valence-corrected chi connectivity index (χ3v) is 2.64. The van der Waals surface area contributed by atoms with E-state index in [1.807, 2.05) is 6.92 Å². The number of nitrogens with zero attached hydrogens (tertiary/aromatic N) is 2. The number of anilines is 1. The van der Waals surface area contributed by atoms with Crippen molar-refractivity contribution in [3.8, 4) is 5.75 Å². The Morgan fingerprint density at radius 3 is 2.89 bits per heavy atom. The number of rotatable bonds is 3. The predicted octanol–water partition coefficient (Wildman–Crippen LogP) is 2.31. The smallest absolute Gasteiger partial charge is 0.274 e. The molecular formula is C13H14FN3O2. The van der Waals surface area contributed by atoms with E-state index in [0.29, 0.717) is 12.2 Å². The zero-order valence-corrected chi connectivity index (χ0v) is 10.6. The quantitative estimate of drug-likeness (QED) is 0.835. The Hall–Kier alpha value is -2.37. The molecule has 1 amide bonds. The monoisotopic (exact) mass is 263 g/mol. The number of aromatic nitrogens is 2. The van der Waals surface area contributed by atoms with Crippen molar-refractivity contribution in [1.29, 1.82) is 0 Å². The summed E-state index contributed by atoms with van der Waals surface area (Å²) in [6, 6.07) is 5.00. The molecule has 0 fully saturated rings. The van der Waals surface area contributed by atoms with Gasteiger partial charge in [-0.05, 0) is 32.0 Å². The maximum absolute atomic E-state index is 13.1. The average Bonchev–Trinajstić information content (AvgIpc) is 2.75. The molecule has 0 unspecified atom stereocenters. The Labute approximate surface area is 109 Å². The molecule has 0 aliphatic heterocycles. The Morgan fingerprint density at radius 2 is 2.21 bits per heavy atom. The van der Waals surface area contributed by atoms with Crippen molar-refractivity contribution in [2.45, 2.75) is 20.4 Å². The van der Waals surface area contributed by atoms with Gasteiger partial charge in [0.15, 0.2) is 0 Å². The minimum atomic E-state index is -0.534. The third-order valence-electron chi connectivity index (χ3n) is 2.64. The van der Waals surface area contributed by atoms with E-state index in [1.54, 1.807) is 17.7 Å². The first-order valence-corrected chi connectivity index (χ1v) is 5.85. The van der Waals surface area contributed by atoms with Crippen LogP contribution in [0.5, 0.6) is 5.75 Å². The van der Waals surface area contributed by atoms with Crippen LogP contribution in [-0.2, 0) is 6.54 Å². The molecule has 0 radical (unpaired) electrons. The zero-order valence-electron chi connectivity index (χ0n) is 10.6. The van der Waals surface area contributed by atoms with Crippen molar-refractivity contribution >= 4 is 11.6 Å². The van der Waals surface area contributed by atoms with E-state index >= 15 is 0 Å². The summed E-state index contributed by atoms with van der Waals surface area (Å²) in [4.78, 5) is 12.1. The average molecular weight is 263 g/mol. The number of aromatic hydroxyl groups is 1. The molecule has 0 bridgehead atoms. The number of benzene rings is 1. The SMILES string of the molecule is CCn1nc(C)cc1C(=O)Nc1cc(F)ccc1O. The largest absolute Gasteiger partial charge is 0.506 e. The first-order chi connectivity index (χ1) is 9.01. The summed E-state index contributed by atoms with van der Waals surface area (Å²) in [6.07, 6.45) is 0. The highest BCUT2D eigenvalue weighted by Crippen LogP contribution is 2.24. The predicted molar refractivity (Wildman–Crippen MR) is 68.7 cm³/mol. The fourth-order valence-electron chi connectivity index (χ4n) is 1.76. The van der Waals surface area contributed by atoms with Crippen LogP contribution in [0.2, 0.25) is 0 Å². The molecule has 0 atom stereocenters. The van der Waals surface area contributed by atoms with Gasteiger partial charge >= 0.3 is 0 Å². The number of phenols is 1. The number of amides is 1. The van der Waals surface area contributed by atoms with E-state index in [4.69, 9.17) is 0 Å². The van der Waals surface area contributed by atoms with Crippen molar-refractivity contribution in [3.05, 3.63) is 41.5 Å². The fraction of sp³-hybridized carbons (Fsp3) is 0.231. The summed E-state index contributed by atoms with van der Waals surface area (Å²) in [5.41, 5.74) is 1.12. The molecule has 0 saturated carbocycles. The van der Waals surface area contributed by atoms with Gasteiger partial charge in [-0.2, -0.15) is 5.10 Å². The van der Waals surface area contributed by atoms with Crippen LogP contribution < -0.4 is 5.32 Å². The minimum absolute atomic E-state index is 0.0338. The van der Waals surface area contributed by atoms with Crippen molar-refractivity contribution < 1.29 is 14.3 Å². The van der Waals surface area contributed by atoms with Gasteiger partial charge in [-0.3, -0.25) is 9.48 Å². The van der Waals surface area contributed by atoms with E-state index in [-0.39, 0.29) is 11.4 Å². The number of hydrogen-bond donors (Lipinski definition) is 2. The summed E-state index contributed by atoms with van der Waals surface area (Å²) in [6.45, 7) is 4.19. The Bertz CT molecular complexity index is 622. The highest BCUT2D eigenvalue weighted by molar-refractivity contribution is 6.03. The van der Waals surface area contributed by atoms with Crippen LogP contribution in [0.1, 0.15) is 23.1 Å². The first kappa shape index (κ1) is 13.1. The molecule has 0 aliphatic rings. The van der Waals surface area contributed by atoms with Gasteiger partial charge in [0, 0.05) is 12.6 Å². The van der Waals surface area contributed by atoms with E-state index in [9.17, 15) is 14.3 Å². The summed E-state index contributed by atoms with van der Waals surface area (Å²) >= 11 is 0. The number of carbonyl (C=O) groups excluding carboxylic acids is 1. The topological polar surface area (TPSA) is 67.2 Å². The molecule has 2 aromatic rings. The van der Waals surface area contributed by atoms with Gasteiger partial charge in [-0.25, -0.2) is 4.39 Å². The summed E-state index contributed by atoms with van der Waals surface area (Å²) < 4.78 is 14.6. The number of hydrogen-bond acceptors (Lipinski definition) is 3. The third kappa shape index (κ3) is 2.73. The van der Waals surface area contributed by atoms with Gasteiger partial charge in [-0.15, -0.1) is 0 Å². The lowest BCUT2D eigenvalue weighted by Crippen LogP contribution is -2.17. The van der Waals surface area contributed by atoms with Gasteiger partial charge in [0.05, 0.1) is 11.4 Å². The molecule has 5 nitrogen and oxygen atoms in total. The number of phenolic OH excluding ortho intramolecular Hbond substituents is 1. The number of aryl methyl sites for hydroxylation is 2. The Balaban J connectivity index is 2.27. The van der Waals surface area contributed by atoms with Gasteiger partial charge in [0.1, 0.15) is 17.3 Å². The molecule has 1 aromatic heterocycles. The molecule has 1 heterocycles. The van der Waals surface area contributed by atoms with Crippen molar-refractivity contribution in [2.24, 2.45) is 0 Å². The van der Waals surface area contributed by atoms with Crippen LogP contribution in [0.3, 0.4) is 0 Å². The maximum atomic E-state index is 13.1. The van der Waals surface area contributed by atoms with Crippen LogP contribution in [0.4, 0.5) is 10.1 Å². The van der Waals surface area contributed by atoms with Crippen LogP contribution >= 0.6 is 0 Å². The van der Waals surface area contributed by atoms with Crippen LogP contribution in [0.25, 0.3) is 0 Å². The van der Waals surface area contributed by atoms with Crippen LogP contribution in [0, 0.1) is 12.7 Å². The number of nitrogens with one attached hydrogen (secondary N) is 1. The molecule has 0 saturated heterocycles. The van der Waals surface area contributed by atoms with Crippen LogP contribution in [0.15, 0.2) is 24.3 Å². The summed E-state index contributed by atoms with van der Waals surface area (Å²) in [7, 11) is 0. The molecule has 0 spiro atoms. The second-order valence-electron chi connectivity index (χ2n) is 4.10. The molecule has 6 heteroatoms. The fourth-order valence-corrected chi connectivity index (χ4v) is 1.76. The highest BCUT2D eigenvalue weighted by Gasteiger charge is 2.15. The molecule has 2 rings (SSSR count). The van der Waals surface area contributed by atoms with Crippen molar-refractivity contribution in [2.75, 3.05) is 5.32 Å². The van der Waals surface area contributed by atoms with Crippen LogP contribution in [-0.4, -0.2) is 20.8 Å². The lowest BCUT2D eigenvalue weighted by atomic mass is 10.2. The van der Waals surface area contributed by atoms with Gasteiger partial charge in [0.25, 0.3) is 5.91 Å². The van der Waals surface area contributed by atoms with E-state index in [1.165, 1.54) is 6.07 Å². The summed E-state index contributed by atoms with van der Waals surface area (Å²) in [5, 5.41) is 16.2. The minimum Gasteiger partial charge on any atom is -0.506 e.